The van der Waals surface area contributed by atoms with Crippen LogP contribution in [0.25, 0.3) is 0 Å². The molecule has 2 amide bonds. The highest BCUT2D eigenvalue weighted by molar-refractivity contribution is 5.74. The number of nitrogens with one attached hydrogen (secondary N) is 2. The predicted octanol–water partition coefficient (Wildman–Crippen LogP) is 1.86. The fourth-order valence-corrected chi connectivity index (χ4v) is 2.88. The summed E-state index contributed by atoms with van der Waals surface area (Å²) in [5.74, 6) is 0.574. The van der Waals surface area contributed by atoms with Gasteiger partial charge < -0.3 is 20.1 Å². The summed E-state index contributed by atoms with van der Waals surface area (Å²) in [5, 5.41) is 5.89. The van der Waals surface area contributed by atoms with Gasteiger partial charge in [0.25, 0.3) is 0 Å². The molecule has 25 heavy (non-hydrogen) atoms. The highest BCUT2D eigenvalue weighted by Gasteiger charge is 2.30. The molecule has 0 bridgehead atoms. The molecule has 7 heteroatoms. The molecular weight excluding hydrogens is 320 g/mol. The van der Waals surface area contributed by atoms with Crippen LogP contribution in [0.1, 0.15) is 23.7 Å². The maximum Gasteiger partial charge on any atom is 0.315 e. The zero-order chi connectivity index (χ0) is 17.5. The second-order valence-electron chi connectivity index (χ2n) is 5.82. The molecule has 0 saturated carbocycles. The Morgan fingerprint density at radius 1 is 1.32 bits per heavy atom. The second kappa shape index (κ2) is 8.43. The highest BCUT2D eigenvalue weighted by Crippen LogP contribution is 2.28. The van der Waals surface area contributed by atoms with Crippen LogP contribution in [0.4, 0.5) is 4.79 Å². The van der Waals surface area contributed by atoms with Gasteiger partial charge in [-0.3, -0.25) is 4.98 Å². The van der Waals surface area contributed by atoms with E-state index in [1.807, 2.05) is 24.3 Å². The van der Waals surface area contributed by atoms with Gasteiger partial charge >= 0.3 is 6.03 Å². The molecule has 2 atom stereocenters. The molecule has 1 aliphatic rings. The SMILES string of the molecule is COc1cc(CCNC(=O)N[C@@H]2CCO[C@H]2c2ccncc2)ccn1. The van der Waals surface area contributed by atoms with E-state index in [1.54, 1.807) is 25.7 Å². The van der Waals surface area contributed by atoms with Crippen molar-refractivity contribution in [3.8, 4) is 5.88 Å². The average Bonchev–Trinajstić information content (AvgIpc) is 3.10. The highest BCUT2D eigenvalue weighted by atomic mass is 16.5. The topological polar surface area (TPSA) is 85.4 Å². The molecule has 132 valence electrons. The van der Waals surface area contributed by atoms with Crippen LogP contribution in [0, 0.1) is 0 Å². The zero-order valence-corrected chi connectivity index (χ0v) is 14.1. The van der Waals surface area contributed by atoms with E-state index in [0.717, 1.165) is 17.5 Å². The predicted molar refractivity (Wildman–Crippen MR) is 92.4 cm³/mol. The minimum absolute atomic E-state index is 0.0385. The van der Waals surface area contributed by atoms with E-state index in [1.165, 1.54) is 0 Å². The lowest BCUT2D eigenvalue weighted by Crippen LogP contribution is -2.43. The summed E-state index contributed by atoms with van der Waals surface area (Å²) < 4.78 is 10.9. The molecule has 3 rings (SSSR count). The molecule has 2 aromatic rings. The number of nitrogens with zero attached hydrogens (tertiary/aromatic N) is 2. The quantitative estimate of drug-likeness (QED) is 0.837. The van der Waals surface area contributed by atoms with E-state index >= 15 is 0 Å². The summed E-state index contributed by atoms with van der Waals surface area (Å²) in [6, 6.07) is 7.38. The molecule has 1 aliphatic heterocycles. The van der Waals surface area contributed by atoms with Gasteiger partial charge in [-0.25, -0.2) is 9.78 Å². The Balaban J connectivity index is 1.47. The molecule has 0 aromatic carbocycles. The van der Waals surface area contributed by atoms with Gasteiger partial charge in [0.15, 0.2) is 0 Å². The number of carbonyl (C=O) groups is 1. The van der Waals surface area contributed by atoms with Crippen LogP contribution in [0.2, 0.25) is 0 Å². The summed E-state index contributed by atoms with van der Waals surface area (Å²) >= 11 is 0. The number of hydrogen-bond donors (Lipinski definition) is 2. The fourth-order valence-electron chi connectivity index (χ4n) is 2.88. The van der Waals surface area contributed by atoms with Crippen LogP contribution in [0.3, 0.4) is 0 Å². The Kier molecular flexibility index (Phi) is 5.79. The maximum absolute atomic E-state index is 12.2. The normalized spacial score (nSPS) is 19.4. The molecule has 0 aliphatic carbocycles. The molecule has 2 N–H and O–H groups in total. The van der Waals surface area contributed by atoms with Crippen LogP contribution in [0.5, 0.6) is 5.88 Å². The summed E-state index contributed by atoms with van der Waals surface area (Å²) in [5.41, 5.74) is 2.09. The molecule has 7 nitrogen and oxygen atoms in total. The minimum Gasteiger partial charge on any atom is -0.481 e. The third-order valence-corrected chi connectivity index (χ3v) is 4.15. The monoisotopic (exact) mass is 342 g/mol. The van der Waals surface area contributed by atoms with Gasteiger partial charge in [0.05, 0.1) is 13.2 Å². The third-order valence-electron chi connectivity index (χ3n) is 4.15. The number of carbonyl (C=O) groups excluding carboxylic acids is 1. The Hall–Kier alpha value is -2.67. The summed E-state index contributed by atoms with van der Waals surface area (Å²) in [6.07, 6.45) is 6.54. The number of methoxy groups -OCH3 is 1. The Morgan fingerprint density at radius 2 is 2.16 bits per heavy atom. The van der Waals surface area contributed by atoms with Crippen molar-refractivity contribution in [1.82, 2.24) is 20.6 Å². The molecule has 0 unspecified atom stereocenters. The summed E-state index contributed by atoms with van der Waals surface area (Å²) in [7, 11) is 1.58. The van der Waals surface area contributed by atoms with Crippen LogP contribution in [-0.2, 0) is 11.2 Å². The van der Waals surface area contributed by atoms with E-state index in [-0.39, 0.29) is 18.2 Å². The Morgan fingerprint density at radius 3 is 2.96 bits per heavy atom. The lowest BCUT2D eigenvalue weighted by Gasteiger charge is -2.20. The number of hydrogen-bond acceptors (Lipinski definition) is 5. The number of urea groups is 1. The Labute approximate surface area is 146 Å². The van der Waals surface area contributed by atoms with Gasteiger partial charge in [-0.2, -0.15) is 0 Å². The first kappa shape index (κ1) is 17.2. The van der Waals surface area contributed by atoms with Crippen molar-refractivity contribution in [2.45, 2.75) is 25.0 Å². The van der Waals surface area contributed by atoms with Crippen molar-refractivity contribution >= 4 is 6.03 Å². The molecule has 3 heterocycles. The number of pyridine rings is 2. The maximum atomic E-state index is 12.2. The van der Waals surface area contributed by atoms with E-state index < -0.39 is 0 Å². The molecule has 2 aromatic heterocycles. The van der Waals surface area contributed by atoms with Gasteiger partial charge in [-0.05, 0) is 42.2 Å². The van der Waals surface area contributed by atoms with Crippen molar-refractivity contribution in [2.75, 3.05) is 20.3 Å². The van der Waals surface area contributed by atoms with Crippen molar-refractivity contribution in [1.29, 1.82) is 0 Å². The molecule has 1 fully saturated rings. The van der Waals surface area contributed by atoms with E-state index in [0.29, 0.717) is 25.5 Å². The number of ether oxygens (including phenoxy) is 2. The molecule has 0 radical (unpaired) electrons. The van der Waals surface area contributed by atoms with Crippen molar-refractivity contribution in [2.24, 2.45) is 0 Å². The number of rotatable bonds is 6. The largest absolute Gasteiger partial charge is 0.481 e. The first-order valence-corrected chi connectivity index (χ1v) is 8.31. The standard InChI is InChI=1S/C18H22N4O3/c1-24-16-12-13(2-9-20-16)3-10-21-18(23)22-15-6-11-25-17(15)14-4-7-19-8-5-14/h2,4-5,7-9,12,15,17H,3,6,10-11H2,1H3,(H2,21,22,23)/t15-,17+/m1/s1. The Bertz CT molecular complexity index is 696. The second-order valence-corrected chi connectivity index (χ2v) is 5.82. The van der Waals surface area contributed by atoms with Gasteiger partial charge in [0.1, 0.15) is 6.10 Å². The van der Waals surface area contributed by atoms with Crippen LogP contribution in [0.15, 0.2) is 42.9 Å². The molecular formula is C18H22N4O3. The lowest BCUT2D eigenvalue weighted by atomic mass is 10.0. The molecule has 1 saturated heterocycles. The average molecular weight is 342 g/mol. The first-order chi connectivity index (χ1) is 12.3. The minimum atomic E-state index is -0.185. The van der Waals surface area contributed by atoms with Gasteiger partial charge in [-0.15, -0.1) is 0 Å². The fraction of sp³-hybridized carbons (Fsp3) is 0.389. The number of amides is 2. The lowest BCUT2D eigenvalue weighted by molar-refractivity contribution is 0.0999. The summed E-state index contributed by atoms with van der Waals surface area (Å²) in [4.78, 5) is 20.2. The summed E-state index contributed by atoms with van der Waals surface area (Å²) in [6.45, 7) is 1.17. The van der Waals surface area contributed by atoms with Gasteiger partial charge in [-0.1, -0.05) is 0 Å². The van der Waals surface area contributed by atoms with Crippen LogP contribution in [-0.4, -0.2) is 42.3 Å². The zero-order valence-electron chi connectivity index (χ0n) is 14.1. The van der Waals surface area contributed by atoms with Crippen molar-refractivity contribution < 1.29 is 14.3 Å². The van der Waals surface area contributed by atoms with E-state index in [4.69, 9.17) is 9.47 Å². The first-order valence-electron chi connectivity index (χ1n) is 8.31. The van der Waals surface area contributed by atoms with Crippen LogP contribution >= 0.6 is 0 Å². The third kappa shape index (κ3) is 4.67. The smallest absolute Gasteiger partial charge is 0.315 e. The number of aromatic nitrogens is 2. The van der Waals surface area contributed by atoms with Gasteiger partial charge in [0, 0.05) is 37.8 Å². The van der Waals surface area contributed by atoms with Crippen molar-refractivity contribution in [3.63, 3.8) is 0 Å². The van der Waals surface area contributed by atoms with E-state index in [9.17, 15) is 4.79 Å². The van der Waals surface area contributed by atoms with Crippen LogP contribution < -0.4 is 15.4 Å². The van der Waals surface area contributed by atoms with Crippen molar-refractivity contribution in [3.05, 3.63) is 54.0 Å². The van der Waals surface area contributed by atoms with Gasteiger partial charge in [0.2, 0.25) is 5.88 Å². The molecule has 0 spiro atoms. The van der Waals surface area contributed by atoms with E-state index in [2.05, 4.69) is 20.6 Å².